The number of likely N-dealkylation sites (tertiary alicyclic amines) is 1. The molecule has 1 unspecified atom stereocenters. The molecule has 20 heavy (non-hydrogen) atoms. The zero-order chi connectivity index (χ0) is 15.3. The highest BCUT2D eigenvalue weighted by atomic mass is 16.6. The van der Waals surface area contributed by atoms with Gasteiger partial charge in [0.05, 0.1) is 6.54 Å². The summed E-state index contributed by atoms with van der Waals surface area (Å²) in [5.41, 5.74) is -0.483. The minimum Gasteiger partial charge on any atom is -0.480 e. The van der Waals surface area contributed by atoms with Crippen molar-refractivity contribution in [2.75, 3.05) is 26.7 Å². The molecule has 0 aliphatic carbocycles. The molecule has 0 aromatic carbocycles. The van der Waals surface area contributed by atoms with Crippen molar-refractivity contribution in [2.45, 2.75) is 51.7 Å². The largest absolute Gasteiger partial charge is 0.480 e. The lowest BCUT2D eigenvalue weighted by Gasteiger charge is -2.27. The van der Waals surface area contributed by atoms with Gasteiger partial charge in [-0.3, -0.25) is 9.69 Å². The molecule has 1 atom stereocenters. The van der Waals surface area contributed by atoms with Crippen molar-refractivity contribution in [3.8, 4) is 0 Å². The predicted octanol–water partition coefficient (Wildman–Crippen LogP) is 1.79. The van der Waals surface area contributed by atoms with Crippen LogP contribution in [-0.4, -0.2) is 65.3 Å². The molecule has 6 nitrogen and oxygen atoms in total. The molecule has 1 saturated heterocycles. The summed E-state index contributed by atoms with van der Waals surface area (Å²) in [4.78, 5) is 26.3. The van der Waals surface area contributed by atoms with Crippen molar-refractivity contribution in [3.63, 3.8) is 0 Å². The Morgan fingerprint density at radius 3 is 2.50 bits per heavy atom. The Bertz CT molecular complexity index is 352. The summed E-state index contributed by atoms with van der Waals surface area (Å²) in [7, 11) is 1.82. The van der Waals surface area contributed by atoms with Gasteiger partial charge in [0.2, 0.25) is 0 Å². The van der Waals surface area contributed by atoms with Crippen LogP contribution in [0.15, 0.2) is 0 Å². The summed E-state index contributed by atoms with van der Waals surface area (Å²) in [6.07, 6.45) is 2.28. The molecule has 0 aromatic heterocycles. The third-order valence-corrected chi connectivity index (χ3v) is 3.36. The third-order valence-electron chi connectivity index (χ3n) is 3.36. The average Bonchev–Trinajstić information content (AvgIpc) is 2.50. The molecule has 1 N–H and O–H groups in total. The lowest BCUT2D eigenvalue weighted by molar-refractivity contribution is -0.138. The molecule has 0 saturated carbocycles. The van der Waals surface area contributed by atoms with E-state index in [4.69, 9.17) is 9.84 Å². The van der Waals surface area contributed by atoms with E-state index in [0.717, 1.165) is 19.3 Å². The average molecular weight is 286 g/mol. The van der Waals surface area contributed by atoms with Gasteiger partial charge in [0.15, 0.2) is 0 Å². The molecule has 1 aliphatic rings. The highest BCUT2D eigenvalue weighted by molar-refractivity contribution is 5.69. The second-order valence-electron chi connectivity index (χ2n) is 6.36. The van der Waals surface area contributed by atoms with Crippen molar-refractivity contribution in [2.24, 2.45) is 0 Å². The fourth-order valence-corrected chi connectivity index (χ4v) is 2.37. The van der Waals surface area contributed by atoms with Crippen molar-refractivity contribution < 1.29 is 19.4 Å². The minimum atomic E-state index is -0.819. The zero-order valence-electron chi connectivity index (χ0n) is 12.9. The highest BCUT2D eigenvalue weighted by Gasteiger charge is 2.26. The van der Waals surface area contributed by atoms with E-state index in [0.29, 0.717) is 13.1 Å². The lowest BCUT2D eigenvalue weighted by atomic mass is 10.1. The van der Waals surface area contributed by atoms with Crippen molar-refractivity contribution >= 4 is 12.1 Å². The number of nitrogens with zero attached hydrogens (tertiary/aromatic N) is 2. The van der Waals surface area contributed by atoms with Crippen LogP contribution in [0.3, 0.4) is 0 Å². The SMILES string of the molecule is CN(CC(=O)O)C1CCCN(C(=O)OC(C)(C)C)CC1. The number of amides is 1. The molecule has 1 heterocycles. The Balaban J connectivity index is 2.50. The standard InChI is InChI=1S/C14H26N2O4/c1-14(2,3)20-13(19)16-8-5-6-11(7-9-16)15(4)10-12(17)18/h11H,5-10H2,1-4H3,(H,17,18). The summed E-state index contributed by atoms with van der Waals surface area (Å²) in [5, 5.41) is 8.83. The van der Waals surface area contributed by atoms with Gasteiger partial charge in [0, 0.05) is 19.1 Å². The fourth-order valence-electron chi connectivity index (χ4n) is 2.37. The number of carbonyl (C=O) groups excluding carboxylic acids is 1. The molecular formula is C14H26N2O4. The summed E-state index contributed by atoms with van der Waals surface area (Å²) < 4.78 is 5.37. The monoisotopic (exact) mass is 286 g/mol. The molecular weight excluding hydrogens is 260 g/mol. The van der Waals surface area contributed by atoms with Crippen LogP contribution in [0.2, 0.25) is 0 Å². The normalized spacial score (nSPS) is 20.6. The van der Waals surface area contributed by atoms with E-state index in [1.54, 1.807) is 4.90 Å². The molecule has 1 amide bonds. The summed E-state index contributed by atoms with van der Waals surface area (Å²) >= 11 is 0. The molecule has 0 radical (unpaired) electrons. The number of carboxylic acids is 1. The Labute approximate surface area is 120 Å². The summed E-state index contributed by atoms with van der Waals surface area (Å²) in [6, 6.07) is 0.207. The molecule has 0 spiro atoms. The topological polar surface area (TPSA) is 70.1 Å². The number of hydrogen-bond donors (Lipinski definition) is 1. The number of hydrogen-bond acceptors (Lipinski definition) is 4. The van der Waals surface area contributed by atoms with E-state index >= 15 is 0 Å². The molecule has 0 aromatic rings. The third kappa shape index (κ3) is 5.77. The maximum Gasteiger partial charge on any atom is 0.410 e. The maximum absolute atomic E-state index is 12.0. The van der Waals surface area contributed by atoms with Crippen LogP contribution >= 0.6 is 0 Å². The molecule has 1 aliphatic heterocycles. The first-order valence-corrected chi connectivity index (χ1v) is 7.09. The van der Waals surface area contributed by atoms with Gasteiger partial charge < -0.3 is 14.7 Å². The van der Waals surface area contributed by atoms with E-state index in [9.17, 15) is 9.59 Å². The fraction of sp³-hybridized carbons (Fsp3) is 0.857. The van der Waals surface area contributed by atoms with Crippen molar-refractivity contribution in [1.29, 1.82) is 0 Å². The van der Waals surface area contributed by atoms with Crippen LogP contribution in [0, 0.1) is 0 Å². The predicted molar refractivity (Wildman–Crippen MR) is 75.7 cm³/mol. The van der Waals surface area contributed by atoms with Crippen molar-refractivity contribution in [3.05, 3.63) is 0 Å². The molecule has 6 heteroatoms. The van der Waals surface area contributed by atoms with E-state index in [1.807, 2.05) is 32.7 Å². The van der Waals surface area contributed by atoms with Gasteiger partial charge in [-0.2, -0.15) is 0 Å². The number of likely N-dealkylation sites (N-methyl/N-ethyl adjacent to an activating group) is 1. The smallest absolute Gasteiger partial charge is 0.410 e. The molecule has 116 valence electrons. The first-order valence-electron chi connectivity index (χ1n) is 7.09. The first-order chi connectivity index (χ1) is 9.19. The zero-order valence-corrected chi connectivity index (χ0v) is 12.9. The Morgan fingerprint density at radius 1 is 1.30 bits per heavy atom. The van der Waals surface area contributed by atoms with Gasteiger partial charge in [-0.15, -0.1) is 0 Å². The van der Waals surface area contributed by atoms with Crippen molar-refractivity contribution in [1.82, 2.24) is 9.80 Å². The quantitative estimate of drug-likeness (QED) is 0.856. The maximum atomic E-state index is 12.0. The number of ether oxygens (including phenoxy) is 1. The van der Waals surface area contributed by atoms with Crippen LogP contribution in [0.25, 0.3) is 0 Å². The molecule has 0 bridgehead atoms. The number of carboxylic acid groups (broad SMARTS) is 1. The number of rotatable bonds is 3. The van der Waals surface area contributed by atoms with Gasteiger partial charge >= 0.3 is 12.1 Å². The van der Waals surface area contributed by atoms with Crippen LogP contribution in [0.4, 0.5) is 4.79 Å². The number of aliphatic carboxylic acids is 1. The van der Waals surface area contributed by atoms with Gasteiger partial charge in [0.25, 0.3) is 0 Å². The number of carbonyl (C=O) groups is 2. The van der Waals surface area contributed by atoms with Crippen LogP contribution in [-0.2, 0) is 9.53 Å². The Morgan fingerprint density at radius 2 is 1.95 bits per heavy atom. The first kappa shape index (κ1) is 16.8. The van der Waals surface area contributed by atoms with Crippen LogP contribution in [0.1, 0.15) is 40.0 Å². The van der Waals surface area contributed by atoms with Gasteiger partial charge in [-0.25, -0.2) is 4.79 Å². The summed E-state index contributed by atoms with van der Waals surface area (Å²) in [5.74, 6) is -0.819. The van der Waals surface area contributed by atoms with Crippen LogP contribution < -0.4 is 0 Å². The van der Waals surface area contributed by atoms with E-state index in [2.05, 4.69) is 0 Å². The second-order valence-corrected chi connectivity index (χ2v) is 6.36. The van der Waals surface area contributed by atoms with E-state index < -0.39 is 11.6 Å². The van der Waals surface area contributed by atoms with E-state index in [-0.39, 0.29) is 18.7 Å². The molecule has 1 fully saturated rings. The molecule has 1 rings (SSSR count). The lowest BCUT2D eigenvalue weighted by Crippen LogP contribution is -2.39. The Kier molecular flexibility index (Phi) is 5.80. The second kappa shape index (κ2) is 6.92. The summed E-state index contributed by atoms with van der Waals surface area (Å²) in [6.45, 7) is 6.89. The highest BCUT2D eigenvalue weighted by Crippen LogP contribution is 2.18. The van der Waals surface area contributed by atoms with Crippen LogP contribution in [0.5, 0.6) is 0 Å². The van der Waals surface area contributed by atoms with Gasteiger partial charge in [-0.1, -0.05) is 0 Å². The van der Waals surface area contributed by atoms with Gasteiger partial charge in [-0.05, 0) is 47.1 Å². The minimum absolute atomic E-state index is 0.0388. The Hall–Kier alpha value is -1.30. The van der Waals surface area contributed by atoms with Gasteiger partial charge in [0.1, 0.15) is 5.60 Å². The van der Waals surface area contributed by atoms with E-state index in [1.165, 1.54) is 0 Å².